The number of halogens is 1. The van der Waals surface area contributed by atoms with Crippen LogP contribution in [0.4, 0.5) is 5.69 Å². The van der Waals surface area contributed by atoms with Crippen LogP contribution in [0, 0.1) is 0 Å². The average Bonchev–Trinajstić information content (AvgIpc) is 2.53. The number of hydrogen-bond donors (Lipinski definition) is 1. The van der Waals surface area contributed by atoms with E-state index in [-0.39, 0.29) is 12.3 Å². The molecule has 0 saturated carbocycles. The van der Waals surface area contributed by atoms with Crippen LogP contribution in [0.1, 0.15) is 18.0 Å². The number of carbonyl (C=O) groups is 1. The Morgan fingerprint density at radius 1 is 1.12 bits per heavy atom. The molecule has 0 aliphatic heterocycles. The van der Waals surface area contributed by atoms with Crippen LogP contribution < -0.4 is 9.62 Å². The summed E-state index contributed by atoms with van der Waals surface area (Å²) in [4.78, 5) is 14.1. The summed E-state index contributed by atoms with van der Waals surface area (Å²) < 4.78 is 25.8. The first-order valence-corrected chi connectivity index (χ1v) is 9.57. The van der Waals surface area contributed by atoms with Crippen LogP contribution >= 0.6 is 11.6 Å². The molecule has 0 heterocycles. The monoisotopic (exact) mass is 366 g/mol. The second-order valence-corrected chi connectivity index (χ2v) is 7.70. The minimum atomic E-state index is -3.47. The Hall–Kier alpha value is -1.89. The van der Waals surface area contributed by atoms with Gasteiger partial charge in [-0.15, -0.1) is 0 Å². The predicted octanol–water partition coefficient (Wildman–Crippen LogP) is 2.98. The van der Waals surface area contributed by atoms with Gasteiger partial charge in [-0.25, -0.2) is 13.1 Å². The van der Waals surface area contributed by atoms with Crippen molar-refractivity contribution < 1.29 is 13.2 Å². The van der Waals surface area contributed by atoms with Crippen molar-refractivity contribution in [2.45, 2.75) is 12.5 Å². The van der Waals surface area contributed by atoms with E-state index in [0.29, 0.717) is 10.6 Å². The third-order valence-corrected chi connectivity index (χ3v) is 4.49. The lowest BCUT2D eigenvalue weighted by Gasteiger charge is -2.22. The molecule has 0 bridgehead atoms. The molecule has 1 N–H and O–H groups in total. The van der Waals surface area contributed by atoms with Gasteiger partial charge in [0.15, 0.2) is 0 Å². The SMILES string of the molecule is CN(C(=O)C[C@H](NS(C)(=O)=O)c1ccc(Cl)cc1)c1ccccc1. The van der Waals surface area contributed by atoms with E-state index in [1.165, 1.54) is 4.90 Å². The fourth-order valence-electron chi connectivity index (χ4n) is 2.29. The standard InChI is InChI=1S/C17H19ClN2O3S/c1-20(15-6-4-3-5-7-15)17(21)12-16(19-24(2,22)23)13-8-10-14(18)11-9-13/h3-11,16,19H,12H2,1-2H3/t16-/m0/s1. The van der Waals surface area contributed by atoms with Crippen LogP contribution in [0.25, 0.3) is 0 Å². The third kappa shape index (κ3) is 5.33. The highest BCUT2D eigenvalue weighted by molar-refractivity contribution is 7.88. The number of nitrogens with zero attached hydrogens (tertiary/aromatic N) is 1. The van der Waals surface area contributed by atoms with Crippen LogP contribution in [-0.4, -0.2) is 27.6 Å². The van der Waals surface area contributed by atoms with Crippen LogP contribution in [0.5, 0.6) is 0 Å². The molecule has 0 radical (unpaired) electrons. The Kier molecular flexibility index (Phi) is 5.99. The van der Waals surface area contributed by atoms with Crippen molar-refractivity contribution in [2.75, 3.05) is 18.2 Å². The fourth-order valence-corrected chi connectivity index (χ4v) is 3.15. The number of anilines is 1. The second kappa shape index (κ2) is 7.79. The molecular weight excluding hydrogens is 348 g/mol. The van der Waals surface area contributed by atoms with Crippen molar-refractivity contribution in [1.29, 1.82) is 0 Å². The van der Waals surface area contributed by atoms with Crippen molar-refractivity contribution in [2.24, 2.45) is 0 Å². The van der Waals surface area contributed by atoms with E-state index in [0.717, 1.165) is 11.9 Å². The first kappa shape index (κ1) is 18.4. The zero-order valence-corrected chi connectivity index (χ0v) is 15.0. The Morgan fingerprint density at radius 3 is 2.25 bits per heavy atom. The largest absolute Gasteiger partial charge is 0.315 e. The predicted molar refractivity (Wildman–Crippen MR) is 96.6 cm³/mol. The van der Waals surface area contributed by atoms with Crippen LogP contribution in [-0.2, 0) is 14.8 Å². The molecule has 0 spiro atoms. The molecule has 24 heavy (non-hydrogen) atoms. The average molecular weight is 367 g/mol. The van der Waals surface area contributed by atoms with Gasteiger partial charge in [0, 0.05) is 24.2 Å². The van der Waals surface area contributed by atoms with Gasteiger partial charge in [-0.2, -0.15) is 0 Å². The van der Waals surface area contributed by atoms with Crippen molar-refractivity contribution in [3.8, 4) is 0 Å². The number of carbonyl (C=O) groups excluding carboxylic acids is 1. The van der Waals surface area contributed by atoms with Gasteiger partial charge in [0.2, 0.25) is 15.9 Å². The molecule has 128 valence electrons. The first-order valence-electron chi connectivity index (χ1n) is 7.30. The summed E-state index contributed by atoms with van der Waals surface area (Å²) in [5.74, 6) is -0.197. The highest BCUT2D eigenvalue weighted by Gasteiger charge is 2.22. The quantitative estimate of drug-likeness (QED) is 0.854. The van der Waals surface area contributed by atoms with Gasteiger partial charge in [-0.1, -0.05) is 41.9 Å². The zero-order chi connectivity index (χ0) is 17.7. The summed E-state index contributed by atoms with van der Waals surface area (Å²) in [6.45, 7) is 0. The van der Waals surface area contributed by atoms with Crippen LogP contribution in [0.2, 0.25) is 5.02 Å². The third-order valence-electron chi connectivity index (χ3n) is 3.53. The van der Waals surface area contributed by atoms with Gasteiger partial charge in [-0.3, -0.25) is 4.79 Å². The van der Waals surface area contributed by atoms with Crippen LogP contribution in [0.3, 0.4) is 0 Å². The smallest absolute Gasteiger partial charge is 0.228 e. The summed E-state index contributed by atoms with van der Waals surface area (Å²) in [5.41, 5.74) is 1.43. The number of nitrogens with one attached hydrogen (secondary N) is 1. The summed E-state index contributed by atoms with van der Waals surface area (Å²) in [7, 11) is -1.81. The van der Waals surface area contributed by atoms with E-state index in [9.17, 15) is 13.2 Å². The minimum Gasteiger partial charge on any atom is -0.315 e. The lowest BCUT2D eigenvalue weighted by Crippen LogP contribution is -2.34. The van der Waals surface area contributed by atoms with Crippen molar-refractivity contribution in [3.63, 3.8) is 0 Å². The van der Waals surface area contributed by atoms with Gasteiger partial charge < -0.3 is 4.90 Å². The lowest BCUT2D eigenvalue weighted by molar-refractivity contribution is -0.118. The van der Waals surface area contributed by atoms with Crippen molar-refractivity contribution >= 4 is 33.2 Å². The highest BCUT2D eigenvalue weighted by atomic mass is 35.5. The molecule has 1 atom stereocenters. The fraction of sp³-hybridized carbons (Fsp3) is 0.235. The van der Waals surface area contributed by atoms with E-state index in [2.05, 4.69) is 4.72 Å². The lowest BCUT2D eigenvalue weighted by atomic mass is 10.0. The maximum Gasteiger partial charge on any atom is 0.228 e. The molecule has 0 aliphatic carbocycles. The molecule has 0 aliphatic rings. The Morgan fingerprint density at radius 2 is 1.71 bits per heavy atom. The number of para-hydroxylation sites is 1. The number of amides is 1. The molecule has 7 heteroatoms. The van der Waals surface area contributed by atoms with E-state index >= 15 is 0 Å². The van der Waals surface area contributed by atoms with E-state index in [1.807, 2.05) is 30.3 Å². The summed E-state index contributed by atoms with van der Waals surface area (Å²) >= 11 is 5.87. The molecule has 2 aromatic carbocycles. The maximum absolute atomic E-state index is 12.5. The molecular formula is C17H19ClN2O3S. The number of rotatable bonds is 6. The molecule has 2 rings (SSSR count). The number of benzene rings is 2. The van der Waals surface area contributed by atoms with Crippen molar-refractivity contribution in [3.05, 3.63) is 65.2 Å². The Balaban J connectivity index is 2.21. The molecule has 1 amide bonds. The van der Waals surface area contributed by atoms with Gasteiger partial charge in [-0.05, 0) is 29.8 Å². The summed E-state index contributed by atoms with van der Waals surface area (Å²) in [6.07, 6.45) is 1.07. The van der Waals surface area contributed by atoms with Gasteiger partial charge in [0.05, 0.1) is 12.3 Å². The Labute approximate surface area is 147 Å². The molecule has 2 aromatic rings. The number of hydrogen-bond acceptors (Lipinski definition) is 3. The molecule has 0 unspecified atom stereocenters. The first-order chi connectivity index (χ1) is 11.3. The van der Waals surface area contributed by atoms with E-state index in [4.69, 9.17) is 11.6 Å². The molecule has 0 aromatic heterocycles. The van der Waals surface area contributed by atoms with E-state index < -0.39 is 16.1 Å². The van der Waals surface area contributed by atoms with Crippen molar-refractivity contribution in [1.82, 2.24) is 4.72 Å². The summed E-state index contributed by atoms with van der Waals surface area (Å²) in [6, 6.07) is 15.3. The molecule has 0 fully saturated rings. The van der Waals surface area contributed by atoms with Gasteiger partial charge in [0.1, 0.15) is 0 Å². The topological polar surface area (TPSA) is 66.5 Å². The van der Waals surface area contributed by atoms with Gasteiger partial charge in [0.25, 0.3) is 0 Å². The Bertz CT molecular complexity index is 792. The maximum atomic E-state index is 12.5. The minimum absolute atomic E-state index is 0.0000959. The summed E-state index contributed by atoms with van der Waals surface area (Å²) in [5, 5.41) is 0.546. The second-order valence-electron chi connectivity index (χ2n) is 5.49. The molecule has 5 nitrogen and oxygen atoms in total. The van der Waals surface area contributed by atoms with Gasteiger partial charge >= 0.3 is 0 Å². The van der Waals surface area contributed by atoms with E-state index in [1.54, 1.807) is 31.3 Å². The zero-order valence-electron chi connectivity index (χ0n) is 13.4. The normalized spacial score (nSPS) is 12.6. The van der Waals surface area contributed by atoms with Crippen LogP contribution in [0.15, 0.2) is 54.6 Å². The molecule has 0 saturated heterocycles. The number of sulfonamides is 1. The highest BCUT2D eigenvalue weighted by Crippen LogP contribution is 2.22.